The Morgan fingerprint density at radius 2 is 2.04 bits per heavy atom. The van der Waals surface area contributed by atoms with E-state index in [4.69, 9.17) is 0 Å². The van der Waals surface area contributed by atoms with Crippen LogP contribution < -0.4 is 10.0 Å². The van der Waals surface area contributed by atoms with Crippen LogP contribution in [0.4, 0.5) is 0 Å². The standard InChI is InChI=1S/C17H25N3O3S/c1-3-19-24(22,23)15-7-4-12(2)16(10-15)17(21)20-13-5-6-14(20)11-18-9-8-13/h4,7,10,13-14,18-19H,3,5-6,8-9,11H2,1-2H3. The summed E-state index contributed by atoms with van der Waals surface area (Å²) in [5, 5.41) is 3.38. The Morgan fingerprint density at radius 1 is 1.29 bits per heavy atom. The molecule has 1 amide bonds. The van der Waals surface area contributed by atoms with E-state index in [1.54, 1.807) is 19.1 Å². The Labute approximate surface area is 143 Å². The molecular weight excluding hydrogens is 326 g/mol. The summed E-state index contributed by atoms with van der Waals surface area (Å²) in [6, 6.07) is 5.26. The molecule has 0 spiro atoms. The highest BCUT2D eigenvalue weighted by Gasteiger charge is 2.38. The molecule has 3 rings (SSSR count). The molecular formula is C17H25N3O3S. The number of hydrogen-bond donors (Lipinski definition) is 2. The van der Waals surface area contributed by atoms with Gasteiger partial charge in [0.15, 0.2) is 0 Å². The first-order valence-electron chi connectivity index (χ1n) is 8.57. The van der Waals surface area contributed by atoms with Crippen LogP contribution in [0.1, 0.15) is 42.1 Å². The van der Waals surface area contributed by atoms with Gasteiger partial charge in [0.1, 0.15) is 0 Å². The predicted molar refractivity (Wildman–Crippen MR) is 92.5 cm³/mol. The fourth-order valence-corrected chi connectivity index (χ4v) is 4.79. The van der Waals surface area contributed by atoms with Gasteiger partial charge >= 0.3 is 0 Å². The summed E-state index contributed by atoms with van der Waals surface area (Å²) in [4.78, 5) is 15.3. The van der Waals surface area contributed by atoms with Crippen LogP contribution >= 0.6 is 0 Å². The van der Waals surface area contributed by atoms with Crippen LogP contribution in [-0.4, -0.2) is 50.9 Å². The highest BCUT2D eigenvalue weighted by Crippen LogP contribution is 2.30. The second-order valence-electron chi connectivity index (χ2n) is 6.57. The number of benzene rings is 1. The minimum Gasteiger partial charge on any atom is -0.331 e. The van der Waals surface area contributed by atoms with Crippen molar-refractivity contribution in [2.24, 2.45) is 0 Å². The van der Waals surface area contributed by atoms with Gasteiger partial charge in [0, 0.05) is 30.7 Å². The Bertz CT molecular complexity index is 719. The van der Waals surface area contributed by atoms with Gasteiger partial charge in [-0.3, -0.25) is 4.79 Å². The molecule has 2 unspecified atom stereocenters. The van der Waals surface area contributed by atoms with Gasteiger partial charge in [-0.25, -0.2) is 13.1 Å². The SMILES string of the molecule is CCNS(=O)(=O)c1ccc(C)c(C(=O)N2C3CCNCC2CC3)c1. The quantitative estimate of drug-likeness (QED) is 0.856. The lowest BCUT2D eigenvalue weighted by Gasteiger charge is -2.28. The zero-order valence-corrected chi connectivity index (χ0v) is 15.0. The molecule has 2 saturated heterocycles. The number of amides is 1. The van der Waals surface area contributed by atoms with Gasteiger partial charge in [0.05, 0.1) is 4.90 Å². The van der Waals surface area contributed by atoms with Crippen molar-refractivity contribution in [3.8, 4) is 0 Å². The summed E-state index contributed by atoms with van der Waals surface area (Å²) in [6.07, 6.45) is 3.00. The van der Waals surface area contributed by atoms with Crippen molar-refractivity contribution in [3.05, 3.63) is 29.3 Å². The summed E-state index contributed by atoms with van der Waals surface area (Å²) in [5.41, 5.74) is 1.31. The number of carbonyl (C=O) groups excluding carboxylic acids is 1. The van der Waals surface area contributed by atoms with Crippen molar-refractivity contribution in [3.63, 3.8) is 0 Å². The first kappa shape index (κ1) is 17.4. The molecule has 1 aromatic rings. The van der Waals surface area contributed by atoms with Crippen LogP contribution in [0.2, 0.25) is 0 Å². The van der Waals surface area contributed by atoms with E-state index < -0.39 is 10.0 Å². The summed E-state index contributed by atoms with van der Waals surface area (Å²) >= 11 is 0. The molecule has 2 N–H and O–H groups in total. The molecule has 0 aromatic heterocycles. The smallest absolute Gasteiger partial charge is 0.254 e. The van der Waals surface area contributed by atoms with Gasteiger partial charge in [-0.1, -0.05) is 13.0 Å². The topological polar surface area (TPSA) is 78.5 Å². The van der Waals surface area contributed by atoms with E-state index in [1.165, 1.54) is 6.07 Å². The van der Waals surface area contributed by atoms with Crippen LogP contribution in [0.3, 0.4) is 0 Å². The maximum absolute atomic E-state index is 13.2. The monoisotopic (exact) mass is 351 g/mol. The van der Waals surface area contributed by atoms with Crippen LogP contribution in [0, 0.1) is 6.92 Å². The first-order chi connectivity index (χ1) is 11.4. The predicted octanol–water partition coefficient (Wildman–Crippen LogP) is 1.26. The number of fused-ring (bicyclic) bond motifs is 2. The minimum atomic E-state index is -3.57. The highest BCUT2D eigenvalue weighted by atomic mass is 32.2. The lowest BCUT2D eigenvalue weighted by molar-refractivity contribution is 0.0679. The van der Waals surface area contributed by atoms with Gasteiger partial charge < -0.3 is 10.2 Å². The van der Waals surface area contributed by atoms with E-state index in [1.807, 2.05) is 11.8 Å². The summed E-state index contributed by atoms with van der Waals surface area (Å²) < 4.78 is 27.0. The van der Waals surface area contributed by atoms with Crippen molar-refractivity contribution in [2.75, 3.05) is 19.6 Å². The van der Waals surface area contributed by atoms with Gasteiger partial charge in [-0.05, 0) is 50.4 Å². The third-order valence-corrected chi connectivity index (χ3v) is 6.52. The minimum absolute atomic E-state index is 0.0442. The number of aryl methyl sites for hydroxylation is 1. The normalized spacial score (nSPS) is 24.0. The second kappa shape index (κ2) is 6.82. The molecule has 6 nitrogen and oxygen atoms in total. The lowest BCUT2D eigenvalue weighted by Crippen LogP contribution is -2.42. The number of hydrogen-bond acceptors (Lipinski definition) is 4. The van der Waals surface area contributed by atoms with Crippen LogP contribution in [0.5, 0.6) is 0 Å². The van der Waals surface area contributed by atoms with Gasteiger partial charge in [0.25, 0.3) is 5.91 Å². The van der Waals surface area contributed by atoms with Gasteiger partial charge in [0.2, 0.25) is 10.0 Å². The van der Waals surface area contributed by atoms with E-state index in [0.29, 0.717) is 12.1 Å². The summed E-state index contributed by atoms with van der Waals surface area (Å²) in [7, 11) is -3.57. The van der Waals surface area contributed by atoms with E-state index in [0.717, 1.165) is 37.9 Å². The van der Waals surface area contributed by atoms with Crippen molar-refractivity contribution >= 4 is 15.9 Å². The molecule has 24 heavy (non-hydrogen) atoms. The third kappa shape index (κ3) is 3.20. The van der Waals surface area contributed by atoms with E-state index in [2.05, 4.69) is 10.0 Å². The summed E-state index contributed by atoms with van der Waals surface area (Å²) in [5.74, 6) is -0.0442. The van der Waals surface area contributed by atoms with Crippen molar-refractivity contribution in [2.45, 2.75) is 50.1 Å². The molecule has 2 atom stereocenters. The molecule has 132 valence electrons. The highest BCUT2D eigenvalue weighted by molar-refractivity contribution is 7.89. The number of nitrogens with one attached hydrogen (secondary N) is 2. The van der Waals surface area contributed by atoms with Crippen molar-refractivity contribution < 1.29 is 13.2 Å². The second-order valence-corrected chi connectivity index (χ2v) is 8.34. The van der Waals surface area contributed by atoms with Crippen molar-refractivity contribution in [1.82, 2.24) is 14.9 Å². The maximum atomic E-state index is 13.2. The maximum Gasteiger partial charge on any atom is 0.254 e. The Kier molecular flexibility index (Phi) is 4.94. The Balaban J connectivity index is 1.95. The molecule has 2 heterocycles. The number of nitrogens with zero attached hydrogens (tertiary/aromatic N) is 1. The van der Waals surface area contributed by atoms with E-state index >= 15 is 0 Å². The van der Waals surface area contributed by atoms with E-state index in [-0.39, 0.29) is 22.9 Å². The molecule has 0 aliphatic carbocycles. The molecule has 2 aliphatic heterocycles. The molecule has 2 aliphatic rings. The zero-order chi connectivity index (χ0) is 17.3. The molecule has 0 saturated carbocycles. The van der Waals surface area contributed by atoms with Gasteiger partial charge in [-0.15, -0.1) is 0 Å². The fourth-order valence-electron chi connectivity index (χ4n) is 3.73. The van der Waals surface area contributed by atoms with Crippen LogP contribution in [0.25, 0.3) is 0 Å². The van der Waals surface area contributed by atoms with Crippen LogP contribution in [-0.2, 0) is 10.0 Å². The Hall–Kier alpha value is -1.44. The van der Waals surface area contributed by atoms with Gasteiger partial charge in [-0.2, -0.15) is 0 Å². The Morgan fingerprint density at radius 3 is 2.79 bits per heavy atom. The average Bonchev–Trinajstić information content (AvgIpc) is 2.80. The zero-order valence-electron chi connectivity index (χ0n) is 14.2. The summed E-state index contributed by atoms with van der Waals surface area (Å²) in [6.45, 7) is 5.66. The molecule has 0 radical (unpaired) electrons. The number of rotatable bonds is 4. The molecule has 7 heteroatoms. The van der Waals surface area contributed by atoms with E-state index in [9.17, 15) is 13.2 Å². The number of carbonyl (C=O) groups is 1. The molecule has 2 bridgehead atoms. The van der Waals surface area contributed by atoms with Crippen LogP contribution in [0.15, 0.2) is 23.1 Å². The number of sulfonamides is 1. The largest absolute Gasteiger partial charge is 0.331 e. The third-order valence-electron chi connectivity index (χ3n) is 4.97. The first-order valence-corrected chi connectivity index (χ1v) is 10.1. The average molecular weight is 351 g/mol. The fraction of sp³-hybridized carbons (Fsp3) is 0.588. The molecule has 1 aromatic carbocycles. The lowest BCUT2D eigenvalue weighted by atomic mass is 10.1. The molecule has 2 fully saturated rings. The van der Waals surface area contributed by atoms with Crippen molar-refractivity contribution in [1.29, 1.82) is 0 Å².